The molecule has 8 heteroatoms. The molecule has 0 saturated heterocycles. The molecule has 3 atom stereocenters. The molecule has 0 fully saturated rings. The molecule has 0 aliphatic heterocycles. The molecular formula is C26H25BrN2O5. The van der Waals surface area contributed by atoms with Gasteiger partial charge in [-0.05, 0) is 29.3 Å². The van der Waals surface area contributed by atoms with Gasteiger partial charge in [0.25, 0.3) is 11.8 Å². The minimum Gasteiger partial charge on any atom is -0.467 e. The Morgan fingerprint density at radius 3 is 2.09 bits per heavy atom. The first-order valence-electron chi connectivity index (χ1n) is 10.6. The van der Waals surface area contributed by atoms with Crippen molar-refractivity contribution in [2.24, 2.45) is 0 Å². The van der Waals surface area contributed by atoms with E-state index in [4.69, 9.17) is 4.74 Å². The van der Waals surface area contributed by atoms with E-state index >= 15 is 0 Å². The van der Waals surface area contributed by atoms with Crippen LogP contribution in [0, 0.1) is 0 Å². The number of carbonyl (C=O) groups excluding carboxylic acids is 3. The summed E-state index contributed by atoms with van der Waals surface area (Å²) >= 11 is 3.43. The van der Waals surface area contributed by atoms with Crippen molar-refractivity contribution in [3.8, 4) is 0 Å². The zero-order valence-corrected chi connectivity index (χ0v) is 20.1. The molecule has 34 heavy (non-hydrogen) atoms. The van der Waals surface area contributed by atoms with E-state index in [9.17, 15) is 19.5 Å². The number of carbonyl (C=O) groups is 3. The number of methoxy groups -OCH3 is 1. The number of ether oxygens (including phenoxy) is 1. The molecule has 0 aliphatic carbocycles. The maximum absolute atomic E-state index is 13.0. The minimum atomic E-state index is -1.67. The Bertz CT molecular complexity index is 1120. The van der Waals surface area contributed by atoms with Gasteiger partial charge in [-0.25, -0.2) is 4.79 Å². The molecule has 0 aromatic heterocycles. The highest BCUT2D eigenvalue weighted by Gasteiger charge is 2.32. The lowest BCUT2D eigenvalue weighted by Gasteiger charge is -2.26. The quantitative estimate of drug-likeness (QED) is 0.373. The fraction of sp³-hybridized carbons (Fsp3) is 0.192. The van der Waals surface area contributed by atoms with Crippen LogP contribution in [0.4, 0.5) is 0 Å². The molecule has 0 radical (unpaired) electrons. The molecule has 0 saturated carbocycles. The Hall–Kier alpha value is -3.49. The first-order valence-corrected chi connectivity index (χ1v) is 11.4. The average molecular weight is 525 g/mol. The zero-order valence-electron chi connectivity index (χ0n) is 18.5. The van der Waals surface area contributed by atoms with E-state index in [0.717, 1.165) is 10.0 Å². The van der Waals surface area contributed by atoms with Crippen LogP contribution in [0.5, 0.6) is 0 Å². The second-order valence-corrected chi connectivity index (χ2v) is 8.41. The lowest BCUT2D eigenvalue weighted by molar-refractivity contribution is -0.146. The van der Waals surface area contributed by atoms with Crippen LogP contribution in [-0.4, -0.2) is 42.1 Å². The summed E-state index contributed by atoms with van der Waals surface area (Å²) in [5.74, 6) is -1.91. The fourth-order valence-electron chi connectivity index (χ4n) is 3.45. The predicted molar refractivity (Wildman–Crippen MR) is 131 cm³/mol. The van der Waals surface area contributed by atoms with Crippen LogP contribution < -0.4 is 10.6 Å². The van der Waals surface area contributed by atoms with E-state index in [2.05, 4.69) is 26.6 Å². The van der Waals surface area contributed by atoms with Crippen LogP contribution >= 0.6 is 15.9 Å². The Morgan fingerprint density at radius 2 is 1.47 bits per heavy atom. The molecular weight excluding hydrogens is 500 g/mol. The van der Waals surface area contributed by atoms with Gasteiger partial charge in [-0.2, -0.15) is 0 Å². The van der Waals surface area contributed by atoms with Crippen molar-refractivity contribution in [1.82, 2.24) is 10.6 Å². The summed E-state index contributed by atoms with van der Waals surface area (Å²) in [6.07, 6.45) is -1.51. The van der Waals surface area contributed by atoms with Crippen LogP contribution in [0.1, 0.15) is 27.5 Å². The standard InChI is InChI=1S/C26H25BrN2O5/c1-34-26(33)21(16-19-14-8-9-15-20(19)27)28-25(32)23(30)22(17-10-4-2-5-11-17)29-24(31)18-12-6-3-7-13-18/h2-15,21-23,30H,16H2,1H3,(H,28,32)(H,29,31)/t21-,22-,23+/m0/s1. The molecule has 7 nitrogen and oxygen atoms in total. The van der Waals surface area contributed by atoms with Gasteiger partial charge in [0, 0.05) is 16.5 Å². The van der Waals surface area contributed by atoms with Gasteiger partial charge >= 0.3 is 5.97 Å². The van der Waals surface area contributed by atoms with Gasteiger partial charge in [-0.3, -0.25) is 9.59 Å². The van der Waals surface area contributed by atoms with Crippen molar-refractivity contribution >= 4 is 33.7 Å². The number of benzene rings is 3. The molecule has 3 aromatic carbocycles. The number of rotatable bonds is 9. The van der Waals surface area contributed by atoms with E-state index in [1.165, 1.54) is 7.11 Å². The average Bonchev–Trinajstić information content (AvgIpc) is 2.88. The predicted octanol–water partition coefficient (Wildman–Crippen LogP) is 3.18. The van der Waals surface area contributed by atoms with Crippen LogP contribution in [0.2, 0.25) is 0 Å². The van der Waals surface area contributed by atoms with Crippen molar-refractivity contribution in [3.63, 3.8) is 0 Å². The van der Waals surface area contributed by atoms with Crippen molar-refractivity contribution in [1.29, 1.82) is 0 Å². The molecule has 0 heterocycles. The molecule has 0 unspecified atom stereocenters. The molecule has 3 aromatic rings. The number of aliphatic hydroxyl groups excluding tert-OH is 1. The van der Waals surface area contributed by atoms with Gasteiger partial charge in [-0.15, -0.1) is 0 Å². The number of amides is 2. The first-order chi connectivity index (χ1) is 16.4. The number of hydrogen-bond donors (Lipinski definition) is 3. The van der Waals surface area contributed by atoms with Crippen molar-refractivity contribution in [3.05, 3.63) is 106 Å². The third kappa shape index (κ3) is 6.52. The number of hydrogen-bond acceptors (Lipinski definition) is 5. The first kappa shape index (κ1) is 25.1. The minimum absolute atomic E-state index is 0.152. The number of aliphatic hydroxyl groups is 1. The summed E-state index contributed by atoms with van der Waals surface area (Å²) in [5, 5.41) is 16.3. The molecule has 176 valence electrons. The second kappa shape index (κ2) is 12.1. The van der Waals surface area contributed by atoms with Gasteiger partial charge in [0.05, 0.1) is 13.2 Å². The molecule has 0 bridgehead atoms. The van der Waals surface area contributed by atoms with Gasteiger partial charge < -0.3 is 20.5 Å². The van der Waals surface area contributed by atoms with E-state index in [1.807, 2.05) is 24.3 Å². The number of nitrogens with one attached hydrogen (secondary N) is 2. The third-order valence-electron chi connectivity index (χ3n) is 5.25. The SMILES string of the molecule is COC(=O)[C@H](Cc1ccccc1Br)NC(=O)[C@H](O)[C@@H](NC(=O)c1ccccc1)c1ccccc1. The normalized spacial score (nSPS) is 13.3. The number of halogens is 1. The summed E-state index contributed by atoms with van der Waals surface area (Å²) in [4.78, 5) is 38.2. The molecule has 2 amide bonds. The highest BCUT2D eigenvalue weighted by atomic mass is 79.9. The Balaban J connectivity index is 1.81. The topological polar surface area (TPSA) is 105 Å². The summed E-state index contributed by atoms with van der Waals surface area (Å²) < 4.78 is 5.63. The highest BCUT2D eigenvalue weighted by molar-refractivity contribution is 9.10. The Morgan fingerprint density at radius 1 is 0.882 bits per heavy atom. The van der Waals surface area contributed by atoms with Gasteiger partial charge in [-0.1, -0.05) is 82.7 Å². The highest BCUT2D eigenvalue weighted by Crippen LogP contribution is 2.20. The van der Waals surface area contributed by atoms with Crippen molar-refractivity contribution in [2.45, 2.75) is 24.6 Å². The van der Waals surface area contributed by atoms with E-state index in [1.54, 1.807) is 60.7 Å². The Labute approximate surface area is 206 Å². The van der Waals surface area contributed by atoms with Crippen LogP contribution in [0.15, 0.2) is 89.4 Å². The molecule has 0 spiro atoms. The van der Waals surface area contributed by atoms with Gasteiger partial charge in [0.1, 0.15) is 6.04 Å². The fourth-order valence-corrected chi connectivity index (χ4v) is 3.89. The summed E-state index contributed by atoms with van der Waals surface area (Å²) in [6.45, 7) is 0. The summed E-state index contributed by atoms with van der Waals surface area (Å²) in [5.41, 5.74) is 1.71. The lowest BCUT2D eigenvalue weighted by atomic mass is 9.99. The summed E-state index contributed by atoms with van der Waals surface area (Å²) in [7, 11) is 1.23. The molecule has 3 rings (SSSR count). The summed E-state index contributed by atoms with van der Waals surface area (Å²) in [6, 6.07) is 22.4. The molecule has 3 N–H and O–H groups in total. The second-order valence-electron chi connectivity index (χ2n) is 7.55. The zero-order chi connectivity index (χ0) is 24.5. The molecule has 0 aliphatic rings. The van der Waals surface area contributed by atoms with Gasteiger partial charge in [0.2, 0.25) is 0 Å². The van der Waals surface area contributed by atoms with Crippen molar-refractivity contribution < 1.29 is 24.2 Å². The maximum Gasteiger partial charge on any atom is 0.328 e. The lowest BCUT2D eigenvalue weighted by Crippen LogP contribution is -2.51. The largest absolute Gasteiger partial charge is 0.467 e. The van der Waals surface area contributed by atoms with E-state index in [0.29, 0.717) is 11.1 Å². The third-order valence-corrected chi connectivity index (χ3v) is 6.02. The van der Waals surface area contributed by atoms with E-state index < -0.39 is 36.0 Å². The number of esters is 1. The van der Waals surface area contributed by atoms with Crippen LogP contribution in [-0.2, 0) is 20.7 Å². The van der Waals surface area contributed by atoms with Crippen molar-refractivity contribution in [2.75, 3.05) is 7.11 Å². The van der Waals surface area contributed by atoms with E-state index in [-0.39, 0.29) is 6.42 Å². The smallest absolute Gasteiger partial charge is 0.328 e. The maximum atomic E-state index is 13.0. The van der Waals surface area contributed by atoms with Crippen LogP contribution in [0.25, 0.3) is 0 Å². The monoisotopic (exact) mass is 524 g/mol. The van der Waals surface area contributed by atoms with Crippen LogP contribution in [0.3, 0.4) is 0 Å². The Kier molecular flexibility index (Phi) is 8.95. The van der Waals surface area contributed by atoms with Gasteiger partial charge in [0.15, 0.2) is 6.10 Å².